The minimum absolute atomic E-state index is 0.0248. The van der Waals surface area contributed by atoms with Crippen molar-refractivity contribution in [3.05, 3.63) is 30.0 Å². The van der Waals surface area contributed by atoms with E-state index in [2.05, 4.69) is 10.2 Å². The lowest BCUT2D eigenvalue weighted by Crippen LogP contribution is -2.49. The molecule has 2 unspecified atom stereocenters. The second-order valence-corrected chi connectivity index (χ2v) is 10.1. The van der Waals surface area contributed by atoms with Crippen LogP contribution in [0.25, 0.3) is 11.3 Å². The third-order valence-corrected chi connectivity index (χ3v) is 7.60. The Morgan fingerprint density at radius 1 is 1.14 bits per heavy atom. The van der Waals surface area contributed by atoms with Gasteiger partial charge in [-0.25, -0.2) is 8.42 Å². The van der Waals surface area contributed by atoms with Gasteiger partial charge >= 0.3 is 0 Å². The maximum Gasteiger partial charge on any atom is 0.272 e. The van der Waals surface area contributed by atoms with Gasteiger partial charge in [0.15, 0.2) is 11.5 Å². The van der Waals surface area contributed by atoms with E-state index in [9.17, 15) is 13.2 Å². The highest BCUT2D eigenvalue weighted by Gasteiger charge is 2.46. The van der Waals surface area contributed by atoms with Gasteiger partial charge in [0, 0.05) is 23.9 Å². The molecule has 8 nitrogen and oxygen atoms in total. The first kappa shape index (κ1) is 17.5. The molecule has 2 fully saturated rings. The Bertz CT molecular complexity index is 1030. The predicted molar refractivity (Wildman–Crippen MR) is 101 cm³/mol. The standard InChI is InChI=1S/C19H21N3O5S/c1-28(24,25)14-7-12-3-4-13(8-14)22(12)19(23)16-9-15(20-21-16)11-2-5-17-18(6-11)27-10-26-17/h2,5-6,9,12-14H,3-4,7-8,10H2,1H3,(H,20,21). The smallest absolute Gasteiger partial charge is 0.272 e. The van der Waals surface area contributed by atoms with Gasteiger partial charge in [0.05, 0.1) is 10.9 Å². The molecule has 2 atom stereocenters. The number of aromatic amines is 1. The van der Waals surface area contributed by atoms with E-state index in [0.717, 1.165) is 18.4 Å². The Hall–Kier alpha value is -2.55. The van der Waals surface area contributed by atoms with Crippen molar-refractivity contribution in [1.29, 1.82) is 0 Å². The molecule has 1 aromatic heterocycles. The zero-order valence-electron chi connectivity index (χ0n) is 15.4. The van der Waals surface area contributed by atoms with Gasteiger partial charge < -0.3 is 14.4 Å². The molecule has 1 aromatic carbocycles. The van der Waals surface area contributed by atoms with E-state index in [-0.39, 0.29) is 30.0 Å². The molecule has 4 heterocycles. The van der Waals surface area contributed by atoms with Crippen molar-refractivity contribution in [2.24, 2.45) is 0 Å². The van der Waals surface area contributed by atoms with Gasteiger partial charge in [-0.2, -0.15) is 5.10 Å². The average molecular weight is 403 g/mol. The molecule has 0 aliphatic carbocycles. The van der Waals surface area contributed by atoms with Gasteiger partial charge in [0.2, 0.25) is 6.79 Å². The minimum Gasteiger partial charge on any atom is -0.454 e. The fourth-order valence-electron chi connectivity index (χ4n) is 4.58. The van der Waals surface area contributed by atoms with Crippen LogP contribution >= 0.6 is 0 Å². The summed E-state index contributed by atoms with van der Waals surface area (Å²) in [4.78, 5) is 15.0. The van der Waals surface area contributed by atoms with Crippen molar-refractivity contribution in [2.75, 3.05) is 13.0 Å². The lowest BCUT2D eigenvalue weighted by Gasteiger charge is -2.38. The Morgan fingerprint density at radius 2 is 1.86 bits per heavy atom. The van der Waals surface area contributed by atoms with Crippen LogP contribution in [0, 0.1) is 0 Å². The average Bonchev–Trinajstić information content (AvgIpc) is 3.37. The van der Waals surface area contributed by atoms with Crippen molar-refractivity contribution in [3.8, 4) is 22.8 Å². The van der Waals surface area contributed by atoms with Crippen LogP contribution in [0.1, 0.15) is 36.2 Å². The molecule has 2 bridgehead atoms. The highest BCUT2D eigenvalue weighted by atomic mass is 32.2. The quantitative estimate of drug-likeness (QED) is 0.841. The van der Waals surface area contributed by atoms with E-state index in [4.69, 9.17) is 9.47 Å². The number of sulfone groups is 1. The molecule has 5 rings (SSSR count). The minimum atomic E-state index is -3.08. The number of ether oxygens (including phenoxy) is 2. The highest BCUT2D eigenvalue weighted by Crippen LogP contribution is 2.39. The summed E-state index contributed by atoms with van der Waals surface area (Å²) < 4.78 is 34.6. The number of amides is 1. The van der Waals surface area contributed by atoms with Crippen molar-refractivity contribution in [2.45, 2.75) is 43.0 Å². The number of aromatic nitrogens is 2. The summed E-state index contributed by atoms with van der Waals surface area (Å²) in [6.45, 7) is 0.204. The summed E-state index contributed by atoms with van der Waals surface area (Å²) >= 11 is 0. The number of H-pyrrole nitrogens is 1. The molecule has 28 heavy (non-hydrogen) atoms. The molecule has 1 amide bonds. The Kier molecular flexibility index (Phi) is 3.90. The lowest BCUT2D eigenvalue weighted by molar-refractivity contribution is 0.0592. The van der Waals surface area contributed by atoms with Gasteiger partial charge in [0.1, 0.15) is 15.5 Å². The van der Waals surface area contributed by atoms with Crippen LogP contribution in [0.4, 0.5) is 0 Å². The molecule has 1 N–H and O–H groups in total. The number of hydrogen-bond acceptors (Lipinski definition) is 6. The van der Waals surface area contributed by atoms with E-state index in [0.29, 0.717) is 35.7 Å². The molecule has 2 aromatic rings. The summed E-state index contributed by atoms with van der Waals surface area (Å²) in [5, 5.41) is 6.79. The van der Waals surface area contributed by atoms with Crippen LogP contribution in [0.2, 0.25) is 0 Å². The monoisotopic (exact) mass is 403 g/mol. The van der Waals surface area contributed by atoms with Crippen molar-refractivity contribution < 1.29 is 22.7 Å². The summed E-state index contributed by atoms with van der Waals surface area (Å²) in [5.41, 5.74) is 1.90. The number of nitrogens with zero attached hydrogens (tertiary/aromatic N) is 2. The predicted octanol–water partition coefficient (Wildman–Crippen LogP) is 1.99. The normalized spacial score (nSPS) is 25.9. The Balaban J connectivity index is 1.37. The van der Waals surface area contributed by atoms with Gasteiger partial charge in [-0.15, -0.1) is 0 Å². The van der Waals surface area contributed by atoms with Crippen LogP contribution in [0.15, 0.2) is 24.3 Å². The lowest BCUT2D eigenvalue weighted by atomic mass is 10.0. The van der Waals surface area contributed by atoms with E-state index in [1.165, 1.54) is 6.26 Å². The largest absolute Gasteiger partial charge is 0.454 e. The van der Waals surface area contributed by atoms with Gasteiger partial charge in [-0.1, -0.05) is 0 Å². The van der Waals surface area contributed by atoms with Crippen LogP contribution in [-0.4, -0.2) is 59.8 Å². The molecule has 0 saturated carbocycles. The third-order valence-electron chi connectivity index (χ3n) is 6.01. The Morgan fingerprint density at radius 3 is 2.57 bits per heavy atom. The van der Waals surface area contributed by atoms with E-state index < -0.39 is 9.84 Å². The van der Waals surface area contributed by atoms with Gasteiger partial charge in [0.25, 0.3) is 5.91 Å². The molecule has 0 spiro atoms. The van der Waals surface area contributed by atoms with Gasteiger partial charge in [-0.05, 0) is 49.9 Å². The molecule has 3 aliphatic heterocycles. The number of fused-ring (bicyclic) bond motifs is 3. The summed E-state index contributed by atoms with van der Waals surface area (Å²) in [6, 6.07) is 7.23. The summed E-state index contributed by atoms with van der Waals surface area (Å²) in [5.74, 6) is 1.24. The summed E-state index contributed by atoms with van der Waals surface area (Å²) in [7, 11) is -3.08. The van der Waals surface area contributed by atoms with E-state index in [1.807, 2.05) is 23.1 Å². The number of carbonyl (C=O) groups excluding carboxylic acids is 1. The van der Waals surface area contributed by atoms with E-state index in [1.54, 1.807) is 6.07 Å². The third kappa shape index (κ3) is 2.85. The number of benzene rings is 1. The van der Waals surface area contributed by atoms with Crippen molar-refractivity contribution >= 4 is 15.7 Å². The topological polar surface area (TPSA) is 102 Å². The number of nitrogens with one attached hydrogen (secondary N) is 1. The highest BCUT2D eigenvalue weighted by molar-refractivity contribution is 7.91. The van der Waals surface area contributed by atoms with Crippen molar-refractivity contribution in [1.82, 2.24) is 15.1 Å². The van der Waals surface area contributed by atoms with Crippen LogP contribution in [0.3, 0.4) is 0 Å². The molecular weight excluding hydrogens is 382 g/mol. The molecule has 0 radical (unpaired) electrons. The van der Waals surface area contributed by atoms with Crippen LogP contribution in [-0.2, 0) is 9.84 Å². The first-order valence-electron chi connectivity index (χ1n) is 9.37. The van der Waals surface area contributed by atoms with Gasteiger partial charge in [-0.3, -0.25) is 9.89 Å². The molecule has 2 saturated heterocycles. The molecule has 3 aliphatic rings. The SMILES string of the molecule is CS(=O)(=O)C1CC2CCC(C1)N2C(=O)c1cc(-c2ccc3c(c2)OCO3)n[nH]1. The summed E-state index contributed by atoms with van der Waals surface area (Å²) in [6.07, 6.45) is 4.03. The second-order valence-electron chi connectivity index (χ2n) is 7.76. The number of hydrogen-bond donors (Lipinski definition) is 1. The number of rotatable bonds is 3. The van der Waals surface area contributed by atoms with Crippen molar-refractivity contribution in [3.63, 3.8) is 0 Å². The number of piperidine rings is 1. The number of carbonyl (C=O) groups is 1. The zero-order chi connectivity index (χ0) is 19.5. The first-order chi connectivity index (χ1) is 13.4. The zero-order valence-corrected chi connectivity index (χ0v) is 16.2. The fraction of sp³-hybridized carbons (Fsp3) is 0.474. The fourth-order valence-corrected chi connectivity index (χ4v) is 5.73. The maximum absolute atomic E-state index is 13.1. The second kappa shape index (κ2) is 6.23. The van der Waals surface area contributed by atoms with Crippen LogP contribution < -0.4 is 9.47 Å². The molecule has 9 heteroatoms. The Labute approximate surface area is 162 Å². The molecule has 148 valence electrons. The van der Waals surface area contributed by atoms with Crippen LogP contribution in [0.5, 0.6) is 11.5 Å². The maximum atomic E-state index is 13.1. The van der Waals surface area contributed by atoms with E-state index >= 15 is 0 Å². The first-order valence-corrected chi connectivity index (χ1v) is 11.3. The molecular formula is C19H21N3O5S.